The first-order chi connectivity index (χ1) is 10.4. The number of benzene rings is 1. The molecule has 0 aliphatic carbocycles. The van der Waals surface area contributed by atoms with E-state index in [0.29, 0.717) is 6.04 Å². The van der Waals surface area contributed by atoms with Crippen LogP contribution in [0.15, 0.2) is 49.1 Å². The molecule has 6 nitrogen and oxygen atoms in total. The maximum absolute atomic E-state index is 4.48. The molecule has 106 valence electrons. The lowest BCUT2D eigenvalue weighted by molar-refractivity contribution is 0.806. The van der Waals surface area contributed by atoms with E-state index >= 15 is 0 Å². The molecule has 3 aromatic rings. The number of fused-ring (bicyclic) bond motifs is 1. The summed E-state index contributed by atoms with van der Waals surface area (Å²) in [7, 11) is 0. The third-order valence-corrected chi connectivity index (χ3v) is 3.83. The second kappa shape index (κ2) is 5.05. The highest BCUT2D eigenvalue weighted by Gasteiger charge is 2.25. The molecule has 0 radical (unpaired) electrons. The van der Waals surface area contributed by atoms with E-state index in [-0.39, 0.29) is 0 Å². The number of hydrogen-bond acceptors (Lipinski definition) is 5. The zero-order valence-electron chi connectivity index (χ0n) is 11.6. The summed E-state index contributed by atoms with van der Waals surface area (Å²) in [5.41, 5.74) is 1.98. The van der Waals surface area contributed by atoms with E-state index in [1.807, 2.05) is 28.8 Å². The number of para-hydroxylation sites is 1. The second-order valence-electron chi connectivity index (χ2n) is 5.25. The van der Waals surface area contributed by atoms with Gasteiger partial charge in [0, 0.05) is 37.2 Å². The molecule has 1 aliphatic heterocycles. The number of anilines is 2. The number of nitrogens with one attached hydrogen (secondary N) is 1. The molecule has 6 heteroatoms. The van der Waals surface area contributed by atoms with Crippen molar-refractivity contribution < 1.29 is 0 Å². The van der Waals surface area contributed by atoms with E-state index in [1.165, 1.54) is 0 Å². The van der Waals surface area contributed by atoms with Gasteiger partial charge in [0.25, 0.3) is 0 Å². The number of nitrogens with zero attached hydrogens (tertiary/aromatic N) is 5. The van der Waals surface area contributed by atoms with Crippen molar-refractivity contribution in [3.8, 4) is 0 Å². The Morgan fingerprint density at radius 3 is 3.00 bits per heavy atom. The fraction of sp³-hybridized carbons (Fsp3) is 0.267. The number of aromatic nitrogens is 4. The summed E-state index contributed by atoms with van der Waals surface area (Å²) in [5.74, 6) is 0.910. The van der Waals surface area contributed by atoms with Gasteiger partial charge in [0.15, 0.2) is 5.82 Å². The Morgan fingerprint density at radius 1 is 1.19 bits per heavy atom. The van der Waals surface area contributed by atoms with Gasteiger partial charge in [-0.05, 0) is 18.6 Å². The van der Waals surface area contributed by atoms with Crippen molar-refractivity contribution in [2.75, 3.05) is 23.3 Å². The summed E-state index contributed by atoms with van der Waals surface area (Å²) in [6, 6.07) is 10.8. The topological polar surface area (TPSA) is 58.4 Å². The van der Waals surface area contributed by atoms with Crippen LogP contribution >= 0.6 is 0 Å². The lowest BCUT2D eigenvalue weighted by Gasteiger charge is -2.18. The SMILES string of the molecule is c1ccc(N[C@H]2CCN(c3nccn4cnnc34)C2)cc1. The maximum Gasteiger partial charge on any atom is 0.203 e. The minimum absolute atomic E-state index is 0.428. The van der Waals surface area contributed by atoms with Crippen LogP contribution in [0.2, 0.25) is 0 Å². The van der Waals surface area contributed by atoms with Crippen LogP contribution < -0.4 is 10.2 Å². The molecule has 1 aromatic carbocycles. The highest BCUT2D eigenvalue weighted by molar-refractivity contribution is 5.64. The Hall–Kier alpha value is -2.63. The molecule has 0 amide bonds. The van der Waals surface area contributed by atoms with E-state index in [4.69, 9.17) is 0 Å². The van der Waals surface area contributed by atoms with Crippen molar-refractivity contribution in [2.24, 2.45) is 0 Å². The van der Waals surface area contributed by atoms with Gasteiger partial charge in [-0.15, -0.1) is 10.2 Å². The molecule has 1 saturated heterocycles. The van der Waals surface area contributed by atoms with E-state index in [9.17, 15) is 0 Å². The van der Waals surface area contributed by atoms with Crippen molar-refractivity contribution in [3.63, 3.8) is 0 Å². The molecule has 0 saturated carbocycles. The van der Waals surface area contributed by atoms with Crippen molar-refractivity contribution in [1.29, 1.82) is 0 Å². The van der Waals surface area contributed by atoms with Crippen LogP contribution in [0.4, 0.5) is 11.5 Å². The van der Waals surface area contributed by atoms with E-state index in [2.05, 4.69) is 37.5 Å². The lowest BCUT2D eigenvalue weighted by atomic mass is 10.2. The van der Waals surface area contributed by atoms with Gasteiger partial charge in [0.05, 0.1) is 0 Å². The Balaban J connectivity index is 1.52. The molecular formula is C15H16N6. The first-order valence-electron chi connectivity index (χ1n) is 7.11. The van der Waals surface area contributed by atoms with Gasteiger partial charge in [0.1, 0.15) is 6.33 Å². The highest BCUT2D eigenvalue weighted by atomic mass is 15.3. The smallest absolute Gasteiger partial charge is 0.203 e. The number of rotatable bonds is 3. The minimum atomic E-state index is 0.428. The van der Waals surface area contributed by atoms with Crippen molar-refractivity contribution in [1.82, 2.24) is 19.6 Å². The Labute approximate surface area is 122 Å². The molecule has 0 spiro atoms. The van der Waals surface area contributed by atoms with Crippen molar-refractivity contribution in [2.45, 2.75) is 12.5 Å². The van der Waals surface area contributed by atoms with Crippen LogP contribution in [0.25, 0.3) is 5.65 Å². The largest absolute Gasteiger partial charge is 0.380 e. The molecule has 1 aliphatic rings. The van der Waals surface area contributed by atoms with Gasteiger partial charge in [-0.1, -0.05) is 18.2 Å². The maximum atomic E-state index is 4.48. The first-order valence-corrected chi connectivity index (χ1v) is 7.11. The average Bonchev–Trinajstić information content (AvgIpc) is 3.16. The van der Waals surface area contributed by atoms with Crippen LogP contribution in [0.1, 0.15) is 6.42 Å². The minimum Gasteiger partial charge on any atom is -0.380 e. The fourth-order valence-electron chi connectivity index (χ4n) is 2.81. The monoisotopic (exact) mass is 280 g/mol. The molecule has 1 fully saturated rings. The van der Waals surface area contributed by atoms with Gasteiger partial charge in [-0.25, -0.2) is 4.98 Å². The van der Waals surface area contributed by atoms with Crippen LogP contribution in [0, 0.1) is 0 Å². The molecule has 2 aromatic heterocycles. The predicted octanol–water partition coefficient (Wildman–Crippen LogP) is 1.82. The van der Waals surface area contributed by atoms with Gasteiger partial charge < -0.3 is 10.2 Å². The van der Waals surface area contributed by atoms with E-state index in [0.717, 1.165) is 36.7 Å². The van der Waals surface area contributed by atoms with Crippen molar-refractivity contribution in [3.05, 3.63) is 49.1 Å². The van der Waals surface area contributed by atoms with Gasteiger partial charge >= 0.3 is 0 Å². The molecule has 21 heavy (non-hydrogen) atoms. The third-order valence-electron chi connectivity index (χ3n) is 3.83. The Kier molecular flexibility index (Phi) is 2.92. The molecule has 0 bridgehead atoms. The quantitative estimate of drug-likeness (QED) is 0.793. The van der Waals surface area contributed by atoms with Crippen molar-refractivity contribution >= 4 is 17.2 Å². The molecule has 0 unspecified atom stereocenters. The average molecular weight is 280 g/mol. The molecule has 3 heterocycles. The van der Waals surface area contributed by atoms with Gasteiger partial charge in [-0.3, -0.25) is 4.40 Å². The van der Waals surface area contributed by atoms with Crippen LogP contribution in [-0.2, 0) is 0 Å². The molecular weight excluding hydrogens is 264 g/mol. The first kappa shape index (κ1) is 12.1. The normalized spacial score (nSPS) is 18.3. The van der Waals surface area contributed by atoms with Gasteiger partial charge in [-0.2, -0.15) is 0 Å². The Bertz CT molecular complexity index is 738. The summed E-state index contributed by atoms with van der Waals surface area (Å²) in [6.45, 7) is 1.90. The summed E-state index contributed by atoms with van der Waals surface area (Å²) in [6.07, 6.45) is 6.46. The standard InChI is InChI=1S/C15H16N6/c1-2-4-12(5-3-1)18-13-6-8-20(10-13)14-15-19-17-11-21(15)9-7-16-14/h1-5,7,9,11,13,18H,6,8,10H2/t13-/m0/s1. The summed E-state index contributed by atoms with van der Waals surface area (Å²) in [5, 5.41) is 11.7. The Morgan fingerprint density at radius 2 is 2.10 bits per heavy atom. The van der Waals surface area contributed by atoms with E-state index in [1.54, 1.807) is 12.5 Å². The molecule has 1 N–H and O–H groups in total. The summed E-state index contributed by atoms with van der Waals surface area (Å²) >= 11 is 0. The third kappa shape index (κ3) is 2.29. The fourth-order valence-corrected chi connectivity index (χ4v) is 2.81. The van der Waals surface area contributed by atoms with Crippen LogP contribution in [0.5, 0.6) is 0 Å². The zero-order valence-corrected chi connectivity index (χ0v) is 11.6. The highest BCUT2D eigenvalue weighted by Crippen LogP contribution is 2.23. The lowest BCUT2D eigenvalue weighted by Crippen LogP contribution is -2.27. The van der Waals surface area contributed by atoms with Gasteiger partial charge in [0.2, 0.25) is 5.65 Å². The van der Waals surface area contributed by atoms with E-state index < -0.39 is 0 Å². The summed E-state index contributed by atoms with van der Waals surface area (Å²) in [4.78, 5) is 6.75. The number of hydrogen-bond donors (Lipinski definition) is 1. The van der Waals surface area contributed by atoms with Crippen LogP contribution in [-0.4, -0.2) is 38.7 Å². The predicted molar refractivity (Wildman–Crippen MR) is 81.5 cm³/mol. The zero-order chi connectivity index (χ0) is 14.1. The summed E-state index contributed by atoms with van der Waals surface area (Å²) < 4.78 is 1.90. The van der Waals surface area contributed by atoms with Crippen LogP contribution in [0.3, 0.4) is 0 Å². The molecule has 1 atom stereocenters. The second-order valence-corrected chi connectivity index (χ2v) is 5.25. The molecule has 4 rings (SSSR count).